The van der Waals surface area contributed by atoms with Crippen LogP contribution in [0.15, 0.2) is 46.6 Å². The molecule has 10 heteroatoms. The zero-order chi connectivity index (χ0) is 19.3. The summed E-state index contributed by atoms with van der Waals surface area (Å²) < 4.78 is 20.8. The quantitative estimate of drug-likeness (QED) is 0.594. The van der Waals surface area contributed by atoms with Crippen LogP contribution in [0.5, 0.6) is 23.0 Å². The van der Waals surface area contributed by atoms with Crippen molar-refractivity contribution in [2.75, 3.05) is 13.6 Å². The van der Waals surface area contributed by atoms with Gasteiger partial charge >= 0.3 is 0 Å². The molecular formula is C18H14N4O6. The highest BCUT2D eigenvalue weighted by molar-refractivity contribution is 6.16. The molecule has 0 atom stereocenters. The van der Waals surface area contributed by atoms with Crippen molar-refractivity contribution in [2.45, 2.75) is 0 Å². The fraction of sp³-hybridized carbons (Fsp3) is 0.111. The van der Waals surface area contributed by atoms with E-state index in [1.807, 2.05) is 0 Å². The highest BCUT2D eigenvalue weighted by Crippen LogP contribution is 2.33. The van der Waals surface area contributed by atoms with Crippen molar-refractivity contribution >= 4 is 24.2 Å². The van der Waals surface area contributed by atoms with Gasteiger partial charge in [-0.15, -0.1) is 0 Å². The minimum Gasteiger partial charge on any atom is -0.454 e. The lowest BCUT2D eigenvalue weighted by atomic mass is 10.2. The van der Waals surface area contributed by atoms with Gasteiger partial charge in [-0.1, -0.05) is 0 Å². The van der Waals surface area contributed by atoms with Gasteiger partial charge in [0, 0.05) is 11.1 Å². The topological polar surface area (TPSA) is 120 Å². The first-order valence-corrected chi connectivity index (χ1v) is 8.15. The molecule has 2 aromatic carbocycles. The molecule has 0 saturated heterocycles. The zero-order valence-corrected chi connectivity index (χ0v) is 14.4. The Morgan fingerprint density at radius 1 is 0.714 bits per heavy atom. The molecule has 0 aliphatic carbocycles. The van der Waals surface area contributed by atoms with E-state index in [4.69, 9.17) is 18.9 Å². The van der Waals surface area contributed by atoms with Crippen molar-refractivity contribution in [3.63, 3.8) is 0 Å². The van der Waals surface area contributed by atoms with Gasteiger partial charge in [0.2, 0.25) is 13.6 Å². The van der Waals surface area contributed by atoms with E-state index < -0.39 is 11.8 Å². The van der Waals surface area contributed by atoms with Crippen LogP contribution in [0.4, 0.5) is 0 Å². The zero-order valence-electron chi connectivity index (χ0n) is 14.4. The molecule has 2 amide bonds. The lowest BCUT2D eigenvalue weighted by Crippen LogP contribution is -2.19. The third kappa shape index (κ3) is 3.70. The van der Waals surface area contributed by atoms with Gasteiger partial charge in [-0.2, -0.15) is 10.2 Å². The van der Waals surface area contributed by atoms with E-state index in [0.717, 1.165) is 0 Å². The van der Waals surface area contributed by atoms with Gasteiger partial charge in [0.25, 0.3) is 11.8 Å². The van der Waals surface area contributed by atoms with Gasteiger partial charge in [-0.25, -0.2) is 10.9 Å². The molecule has 0 bridgehead atoms. The Balaban J connectivity index is 1.26. The molecule has 0 aromatic heterocycles. The fourth-order valence-electron chi connectivity index (χ4n) is 2.46. The number of amides is 2. The summed E-state index contributed by atoms with van der Waals surface area (Å²) in [6.07, 6.45) is 2.45. The summed E-state index contributed by atoms with van der Waals surface area (Å²) in [5.41, 5.74) is 5.42. The first-order chi connectivity index (χ1) is 13.7. The van der Waals surface area contributed by atoms with Gasteiger partial charge in [0.1, 0.15) is 0 Å². The molecule has 4 rings (SSSR count). The first kappa shape index (κ1) is 17.3. The van der Waals surface area contributed by atoms with E-state index in [1.54, 1.807) is 36.4 Å². The number of nitrogens with one attached hydrogen (secondary N) is 2. The first-order valence-electron chi connectivity index (χ1n) is 8.15. The van der Waals surface area contributed by atoms with E-state index in [9.17, 15) is 9.59 Å². The Hall–Kier alpha value is -4.08. The van der Waals surface area contributed by atoms with E-state index in [1.165, 1.54) is 12.4 Å². The highest BCUT2D eigenvalue weighted by Gasteiger charge is 2.16. The molecule has 2 heterocycles. The van der Waals surface area contributed by atoms with Gasteiger partial charge in [-0.3, -0.25) is 9.59 Å². The average molecular weight is 382 g/mol. The Kier molecular flexibility index (Phi) is 4.74. The molecule has 2 aliphatic rings. The molecule has 0 spiro atoms. The predicted molar refractivity (Wildman–Crippen MR) is 97.0 cm³/mol. The van der Waals surface area contributed by atoms with Gasteiger partial charge in [0.15, 0.2) is 23.0 Å². The van der Waals surface area contributed by atoms with Crippen LogP contribution in [0.3, 0.4) is 0 Å². The van der Waals surface area contributed by atoms with Crippen molar-refractivity contribution in [3.05, 3.63) is 47.5 Å². The van der Waals surface area contributed by atoms with Gasteiger partial charge in [-0.05, 0) is 36.4 Å². The SMILES string of the molecule is O=C(N/N=C/C=N/NC(=O)c1ccc2c(c1)OCO2)c1ccc2c(c1)OCO2. The van der Waals surface area contributed by atoms with Gasteiger partial charge in [0.05, 0.1) is 12.4 Å². The average Bonchev–Trinajstić information content (AvgIpc) is 3.37. The van der Waals surface area contributed by atoms with Crippen molar-refractivity contribution in [1.82, 2.24) is 10.9 Å². The van der Waals surface area contributed by atoms with Crippen LogP contribution in [0.2, 0.25) is 0 Å². The van der Waals surface area contributed by atoms with Crippen LogP contribution in [0.25, 0.3) is 0 Å². The fourth-order valence-corrected chi connectivity index (χ4v) is 2.46. The molecular weight excluding hydrogens is 368 g/mol. The van der Waals surface area contributed by atoms with Crippen molar-refractivity contribution in [3.8, 4) is 23.0 Å². The summed E-state index contributed by atoms with van der Waals surface area (Å²) >= 11 is 0. The van der Waals surface area contributed by atoms with Crippen LogP contribution < -0.4 is 29.8 Å². The number of ether oxygens (including phenoxy) is 4. The Labute approximate surface area is 158 Å². The molecule has 2 aromatic rings. The number of nitrogens with zero attached hydrogens (tertiary/aromatic N) is 2. The number of carbonyl (C=O) groups excluding carboxylic acids is 2. The van der Waals surface area contributed by atoms with E-state index >= 15 is 0 Å². The summed E-state index contributed by atoms with van der Waals surface area (Å²) in [5.74, 6) is 1.34. The van der Waals surface area contributed by atoms with Crippen LogP contribution in [-0.4, -0.2) is 37.8 Å². The van der Waals surface area contributed by atoms with Crippen molar-refractivity contribution in [2.24, 2.45) is 10.2 Å². The second-order valence-electron chi connectivity index (χ2n) is 5.57. The maximum Gasteiger partial charge on any atom is 0.271 e. The number of hydrogen-bond acceptors (Lipinski definition) is 8. The van der Waals surface area contributed by atoms with Crippen LogP contribution >= 0.6 is 0 Å². The summed E-state index contributed by atoms with van der Waals surface area (Å²) in [6.45, 7) is 0.264. The molecule has 0 fully saturated rings. The molecule has 142 valence electrons. The standard InChI is InChI=1S/C18H14N4O6/c23-17(11-1-3-13-15(7-11)27-9-25-13)21-19-5-6-20-22-18(24)12-2-4-14-16(8-12)28-10-26-14/h1-8H,9-10H2,(H,21,23)(H,22,24)/b19-5+,20-6+. The molecule has 2 aliphatic heterocycles. The maximum atomic E-state index is 12.0. The monoisotopic (exact) mass is 382 g/mol. The van der Waals surface area contributed by atoms with Crippen LogP contribution in [0.1, 0.15) is 20.7 Å². The Bertz CT molecular complexity index is 909. The van der Waals surface area contributed by atoms with Crippen LogP contribution in [-0.2, 0) is 0 Å². The lowest BCUT2D eigenvalue weighted by molar-refractivity contribution is 0.0946. The molecule has 10 nitrogen and oxygen atoms in total. The second-order valence-corrected chi connectivity index (χ2v) is 5.57. The number of hydrogen-bond donors (Lipinski definition) is 2. The number of carbonyl (C=O) groups is 2. The summed E-state index contributed by atoms with van der Waals surface area (Å²) in [4.78, 5) is 24.0. The minimum atomic E-state index is -0.424. The highest BCUT2D eigenvalue weighted by atomic mass is 16.7. The summed E-state index contributed by atoms with van der Waals surface area (Å²) in [5, 5.41) is 7.45. The van der Waals surface area contributed by atoms with Crippen LogP contribution in [0, 0.1) is 0 Å². The number of fused-ring (bicyclic) bond motifs is 2. The Morgan fingerprint density at radius 2 is 1.14 bits per heavy atom. The molecule has 0 unspecified atom stereocenters. The minimum absolute atomic E-state index is 0.132. The van der Waals surface area contributed by atoms with E-state index in [2.05, 4.69) is 21.1 Å². The third-order valence-corrected chi connectivity index (χ3v) is 3.82. The Morgan fingerprint density at radius 3 is 1.61 bits per heavy atom. The molecule has 2 N–H and O–H groups in total. The maximum absolute atomic E-state index is 12.0. The molecule has 0 radical (unpaired) electrons. The van der Waals surface area contributed by atoms with Crippen molar-refractivity contribution < 1.29 is 28.5 Å². The lowest BCUT2D eigenvalue weighted by Gasteiger charge is -2.01. The molecule has 0 saturated carbocycles. The van der Waals surface area contributed by atoms with E-state index in [0.29, 0.717) is 34.1 Å². The van der Waals surface area contributed by atoms with Gasteiger partial charge < -0.3 is 18.9 Å². The second kappa shape index (κ2) is 7.66. The number of rotatable bonds is 5. The predicted octanol–water partition coefficient (Wildman–Crippen LogP) is 1.28. The number of hydrazone groups is 2. The largest absolute Gasteiger partial charge is 0.454 e. The smallest absolute Gasteiger partial charge is 0.271 e. The van der Waals surface area contributed by atoms with E-state index in [-0.39, 0.29) is 13.6 Å². The summed E-state index contributed by atoms with van der Waals surface area (Å²) in [7, 11) is 0. The van der Waals surface area contributed by atoms with Crippen molar-refractivity contribution in [1.29, 1.82) is 0 Å². The normalized spacial score (nSPS) is 13.9. The summed E-state index contributed by atoms with van der Waals surface area (Å²) in [6, 6.07) is 9.61. The molecule has 28 heavy (non-hydrogen) atoms. The third-order valence-electron chi connectivity index (χ3n) is 3.82. The number of benzene rings is 2.